The van der Waals surface area contributed by atoms with Crippen molar-refractivity contribution in [2.45, 2.75) is 6.18 Å². The van der Waals surface area contributed by atoms with Crippen molar-refractivity contribution in [3.05, 3.63) is 28.8 Å². The van der Waals surface area contributed by atoms with Crippen LogP contribution in [0.1, 0.15) is 5.56 Å². The van der Waals surface area contributed by atoms with Crippen molar-refractivity contribution in [3.8, 4) is 0 Å². The fourth-order valence-electron chi connectivity index (χ4n) is 2.01. The Kier molecular flexibility index (Phi) is 3.89. The Morgan fingerprint density at radius 2 is 1.79 bits per heavy atom. The van der Waals surface area contributed by atoms with E-state index in [4.69, 9.17) is 11.6 Å². The van der Waals surface area contributed by atoms with E-state index in [1.807, 2.05) is 4.90 Å². The van der Waals surface area contributed by atoms with Crippen LogP contribution in [0.2, 0.25) is 5.02 Å². The third-order valence-corrected chi connectivity index (χ3v) is 3.41. The van der Waals surface area contributed by atoms with Crippen LogP contribution in [0.25, 0.3) is 0 Å². The van der Waals surface area contributed by atoms with Crippen molar-refractivity contribution in [1.29, 1.82) is 0 Å². The van der Waals surface area contributed by atoms with E-state index in [0.717, 1.165) is 12.5 Å². The first-order valence-corrected chi connectivity index (χ1v) is 6.10. The van der Waals surface area contributed by atoms with Gasteiger partial charge in [-0.25, -0.2) is 0 Å². The third-order valence-electron chi connectivity index (χ3n) is 3.08. The van der Waals surface area contributed by atoms with E-state index in [1.165, 1.54) is 6.07 Å². The van der Waals surface area contributed by atoms with Gasteiger partial charge in [0.2, 0.25) is 6.41 Å². The molecule has 0 spiro atoms. The number of amides is 1. The lowest BCUT2D eigenvalue weighted by Crippen LogP contribution is -2.45. The molecule has 0 radical (unpaired) electrons. The Balaban J connectivity index is 2.20. The zero-order chi connectivity index (χ0) is 14.0. The highest BCUT2D eigenvalue weighted by Gasteiger charge is 2.33. The van der Waals surface area contributed by atoms with E-state index in [-0.39, 0.29) is 5.02 Å². The van der Waals surface area contributed by atoms with Crippen LogP contribution in [0.15, 0.2) is 18.2 Å². The molecule has 7 heteroatoms. The molecule has 0 unspecified atom stereocenters. The van der Waals surface area contributed by atoms with Crippen molar-refractivity contribution in [2.24, 2.45) is 0 Å². The summed E-state index contributed by atoms with van der Waals surface area (Å²) in [7, 11) is 0. The second kappa shape index (κ2) is 5.28. The van der Waals surface area contributed by atoms with E-state index in [0.29, 0.717) is 31.9 Å². The quantitative estimate of drug-likeness (QED) is 0.783. The van der Waals surface area contributed by atoms with Gasteiger partial charge in [-0.1, -0.05) is 11.6 Å². The van der Waals surface area contributed by atoms with E-state index < -0.39 is 11.7 Å². The number of piperazine rings is 1. The van der Waals surface area contributed by atoms with Gasteiger partial charge < -0.3 is 9.80 Å². The van der Waals surface area contributed by atoms with Gasteiger partial charge in [0.05, 0.1) is 10.6 Å². The molecule has 19 heavy (non-hydrogen) atoms. The molecule has 0 aliphatic carbocycles. The summed E-state index contributed by atoms with van der Waals surface area (Å²) >= 11 is 5.57. The molecule has 1 saturated heterocycles. The number of hydrogen-bond acceptors (Lipinski definition) is 2. The monoisotopic (exact) mass is 292 g/mol. The predicted molar refractivity (Wildman–Crippen MR) is 66.3 cm³/mol. The fourth-order valence-corrected chi connectivity index (χ4v) is 2.24. The summed E-state index contributed by atoms with van der Waals surface area (Å²) in [5, 5.41) is -0.303. The maximum Gasteiger partial charge on any atom is 0.417 e. The number of benzene rings is 1. The number of nitrogens with zero attached hydrogens (tertiary/aromatic N) is 2. The number of alkyl halides is 3. The minimum Gasteiger partial charge on any atom is -0.368 e. The number of carbonyl (C=O) groups is 1. The van der Waals surface area contributed by atoms with Gasteiger partial charge in [-0.15, -0.1) is 0 Å². The average Bonchev–Trinajstić information content (AvgIpc) is 2.38. The minimum absolute atomic E-state index is 0.303. The molecule has 0 aromatic heterocycles. The van der Waals surface area contributed by atoms with Crippen LogP contribution < -0.4 is 4.90 Å². The Hall–Kier alpha value is -1.43. The lowest BCUT2D eigenvalue weighted by Gasteiger charge is -2.34. The van der Waals surface area contributed by atoms with Crippen molar-refractivity contribution in [3.63, 3.8) is 0 Å². The summed E-state index contributed by atoms with van der Waals surface area (Å²) in [5.41, 5.74) is -0.355. The average molecular weight is 293 g/mol. The highest BCUT2D eigenvalue weighted by atomic mass is 35.5. The molecule has 1 amide bonds. The van der Waals surface area contributed by atoms with Crippen LogP contribution in [0.5, 0.6) is 0 Å². The summed E-state index contributed by atoms with van der Waals surface area (Å²) in [6, 6.07) is 3.87. The maximum atomic E-state index is 12.8. The Morgan fingerprint density at radius 3 is 2.32 bits per heavy atom. The largest absolute Gasteiger partial charge is 0.417 e. The van der Waals surface area contributed by atoms with Gasteiger partial charge in [-0.05, 0) is 18.2 Å². The minimum atomic E-state index is -4.46. The molecule has 2 rings (SSSR count). The first-order chi connectivity index (χ1) is 8.91. The summed E-state index contributed by atoms with van der Waals surface area (Å²) in [6.07, 6.45) is -3.71. The Bertz CT molecular complexity index is 471. The van der Waals surface area contributed by atoms with Crippen LogP contribution >= 0.6 is 11.6 Å². The summed E-state index contributed by atoms with van der Waals surface area (Å²) in [5.74, 6) is 0. The number of halogens is 4. The maximum absolute atomic E-state index is 12.8. The van der Waals surface area contributed by atoms with Gasteiger partial charge in [0.25, 0.3) is 0 Å². The predicted octanol–water partition coefficient (Wildman–Crippen LogP) is 2.64. The van der Waals surface area contributed by atoms with Gasteiger partial charge in [0.1, 0.15) is 0 Å². The van der Waals surface area contributed by atoms with E-state index >= 15 is 0 Å². The van der Waals surface area contributed by atoms with Crippen LogP contribution in [-0.2, 0) is 11.0 Å². The molecule has 1 aromatic carbocycles. The van der Waals surface area contributed by atoms with Crippen LogP contribution in [-0.4, -0.2) is 37.5 Å². The number of anilines is 1. The van der Waals surface area contributed by atoms with Gasteiger partial charge in [0.15, 0.2) is 0 Å². The molecule has 0 atom stereocenters. The van der Waals surface area contributed by atoms with E-state index in [2.05, 4.69) is 0 Å². The van der Waals surface area contributed by atoms with Crippen LogP contribution in [0, 0.1) is 0 Å². The molecule has 1 fully saturated rings. The fraction of sp³-hybridized carbons (Fsp3) is 0.417. The molecule has 1 aliphatic rings. The second-order valence-electron chi connectivity index (χ2n) is 4.29. The lowest BCUT2D eigenvalue weighted by atomic mass is 10.1. The molecular formula is C12H12ClF3N2O. The SMILES string of the molecule is O=CN1CCN(c2ccc(Cl)c(C(F)(F)F)c2)CC1. The van der Waals surface area contributed by atoms with Gasteiger partial charge in [-0.3, -0.25) is 4.79 Å². The van der Waals surface area contributed by atoms with E-state index in [1.54, 1.807) is 11.0 Å². The van der Waals surface area contributed by atoms with Crippen molar-refractivity contribution in [2.75, 3.05) is 31.1 Å². The van der Waals surface area contributed by atoms with Crippen molar-refractivity contribution in [1.82, 2.24) is 4.90 Å². The standard InChI is InChI=1S/C12H12ClF3N2O/c13-11-2-1-9(7-10(11)12(14,15)16)18-5-3-17(8-19)4-6-18/h1-2,7-8H,3-6H2. The zero-order valence-electron chi connectivity index (χ0n) is 9.95. The van der Waals surface area contributed by atoms with E-state index in [9.17, 15) is 18.0 Å². The molecular weight excluding hydrogens is 281 g/mol. The third kappa shape index (κ3) is 3.12. The lowest BCUT2D eigenvalue weighted by molar-refractivity contribution is -0.137. The number of carbonyl (C=O) groups excluding carboxylic acids is 1. The normalized spacial score (nSPS) is 16.6. The molecule has 3 nitrogen and oxygen atoms in total. The first kappa shape index (κ1) is 14.0. The molecule has 104 valence electrons. The highest BCUT2D eigenvalue weighted by Crippen LogP contribution is 2.37. The zero-order valence-corrected chi connectivity index (χ0v) is 10.7. The molecule has 0 N–H and O–H groups in total. The second-order valence-corrected chi connectivity index (χ2v) is 4.70. The molecule has 1 aliphatic heterocycles. The topological polar surface area (TPSA) is 23.6 Å². The Labute approximate surface area is 113 Å². The summed E-state index contributed by atoms with van der Waals surface area (Å²) in [4.78, 5) is 14.0. The molecule has 0 saturated carbocycles. The summed E-state index contributed by atoms with van der Waals surface area (Å²) < 4.78 is 38.3. The highest BCUT2D eigenvalue weighted by molar-refractivity contribution is 6.31. The number of rotatable bonds is 2. The molecule has 1 heterocycles. The molecule has 1 aromatic rings. The van der Waals surface area contributed by atoms with Crippen molar-refractivity contribution < 1.29 is 18.0 Å². The van der Waals surface area contributed by atoms with Gasteiger partial charge >= 0.3 is 6.18 Å². The summed E-state index contributed by atoms with van der Waals surface area (Å²) in [6.45, 7) is 2.04. The van der Waals surface area contributed by atoms with Crippen LogP contribution in [0.4, 0.5) is 18.9 Å². The Morgan fingerprint density at radius 1 is 1.16 bits per heavy atom. The smallest absolute Gasteiger partial charge is 0.368 e. The van der Waals surface area contributed by atoms with Gasteiger partial charge in [-0.2, -0.15) is 13.2 Å². The number of hydrogen-bond donors (Lipinski definition) is 0. The van der Waals surface area contributed by atoms with Crippen LogP contribution in [0.3, 0.4) is 0 Å². The van der Waals surface area contributed by atoms with Gasteiger partial charge in [0, 0.05) is 31.9 Å². The first-order valence-electron chi connectivity index (χ1n) is 5.73. The van der Waals surface area contributed by atoms with Crippen molar-refractivity contribution >= 4 is 23.7 Å². The molecule has 0 bridgehead atoms.